The number of amides is 1. The highest BCUT2D eigenvalue weighted by Gasteiger charge is 2.24. The molecule has 1 aromatic heterocycles. The lowest BCUT2D eigenvalue weighted by atomic mass is 10.1. The predicted molar refractivity (Wildman–Crippen MR) is 78.0 cm³/mol. The zero-order valence-electron chi connectivity index (χ0n) is 10.8. The number of hydrogen-bond acceptors (Lipinski definition) is 4. The average Bonchev–Trinajstić information content (AvgIpc) is 3.10. The maximum Gasteiger partial charge on any atom is 0.322 e. The van der Waals surface area contributed by atoms with E-state index in [1.807, 2.05) is 24.3 Å². The third-order valence-corrected chi connectivity index (χ3v) is 3.95. The Morgan fingerprint density at radius 3 is 2.85 bits per heavy atom. The number of halogens is 1. The zero-order chi connectivity index (χ0) is 13.9. The molecule has 1 amide bonds. The molecule has 5 nitrogen and oxygen atoms in total. The summed E-state index contributed by atoms with van der Waals surface area (Å²) in [7, 11) is 0. The molecule has 1 aliphatic rings. The van der Waals surface area contributed by atoms with Gasteiger partial charge < -0.3 is 4.42 Å². The standard InChI is InChI=1S/C14H14BrN3O2/c15-11-7-3-6-10(8-11)13-17-18-14(20-13)16-12(19)9-4-1-2-5-9/h3,6-9H,1-2,4-5H2,(H,16,18,19). The fraction of sp³-hybridized carbons (Fsp3) is 0.357. The fourth-order valence-electron chi connectivity index (χ4n) is 2.41. The molecule has 6 heteroatoms. The summed E-state index contributed by atoms with van der Waals surface area (Å²) >= 11 is 3.39. The number of nitrogens with zero attached hydrogens (tertiary/aromatic N) is 2. The summed E-state index contributed by atoms with van der Waals surface area (Å²) in [5.41, 5.74) is 0.813. The van der Waals surface area contributed by atoms with Gasteiger partial charge in [-0.3, -0.25) is 10.1 Å². The second-order valence-electron chi connectivity index (χ2n) is 4.89. The van der Waals surface area contributed by atoms with Crippen molar-refractivity contribution in [1.82, 2.24) is 10.2 Å². The molecule has 0 saturated heterocycles. The second kappa shape index (κ2) is 5.75. The van der Waals surface area contributed by atoms with Crippen LogP contribution in [0.25, 0.3) is 11.5 Å². The van der Waals surface area contributed by atoms with E-state index in [1.165, 1.54) is 0 Å². The van der Waals surface area contributed by atoms with Gasteiger partial charge in [0.2, 0.25) is 11.8 Å². The first-order chi connectivity index (χ1) is 9.72. The van der Waals surface area contributed by atoms with Gasteiger partial charge in [0, 0.05) is 16.0 Å². The molecule has 0 atom stereocenters. The molecule has 20 heavy (non-hydrogen) atoms. The molecular formula is C14H14BrN3O2. The van der Waals surface area contributed by atoms with E-state index in [9.17, 15) is 4.79 Å². The van der Waals surface area contributed by atoms with Crippen LogP contribution in [0.1, 0.15) is 25.7 Å². The summed E-state index contributed by atoms with van der Waals surface area (Å²) in [6.45, 7) is 0. The lowest BCUT2D eigenvalue weighted by molar-refractivity contribution is -0.119. The Kier molecular flexibility index (Phi) is 3.82. The first-order valence-corrected chi connectivity index (χ1v) is 7.42. The van der Waals surface area contributed by atoms with Crippen LogP contribution in [0.3, 0.4) is 0 Å². The number of nitrogens with one attached hydrogen (secondary N) is 1. The number of benzene rings is 1. The highest BCUT2D eigenvalue weighted by molar-refractivity contribution is 9.10. The van der Waals surface area contributed by atoms with Crippen LogP contribution in [0.5, 0.6) is 0 Å². The van der Waals surface area contributed by atoms with Gasteiger partial charge in [-0.25, -0.2) is 0 Å². The van der Waals surface area contributed by atoms with Gasteiger partial charge in [0.05, 0.1) is 0 Å². The summed E-state index contributed by atoms with van der Waals surface area (Å²) < 4.78 is 6.41. The van der Waals surface area contributed by atoms with Gasteiger partial charge >= 0.3 is 6.01 Å². The van der Waals surface area contributed by atoms with Crippen molar-refractivity contribution in [2.75, 3.05) is 5.32 Å². The number of carbonyl (C=O) groups excluding carboxylic acids is 1. The molecule has 1 fully saturated rings. The van der Waals surface area contributed by atoms with Crippen LogP contribution in [-0.2, 0) is 4.79 Å². The molecule has 1 aliphatic carbocycles. The number of aromatic nitrogens is 2. The SMILES string of the molecule is O=C(Nc1nnc(-c2cccc(Br)c2)o1)C1CCCC1. The van der Waals surface area contributed by atoms with Crippen molar-refractivity contribution in [1.29, 1.82) is 0 Å². The summed E-state index contributed by atoms with van der Waals surface area (Å²) in [6, 6.07) is 7.73. The molecule has 1 aromatic carbocycles. The van der Waals surface area contributed by atoms with Crippen LogP contribution in [-0.4, -0.2) is 16.1 Å². The molecule has 1 saturated carbocycles. The molecule has 1 N–H and O–H groups in total. The van der Waals surface area contributed by atoms with E-state index in [1.54, 1.807) is 0 Å². The monoisotopic (exact) mass is 335 g/mol. The van der Waals surface area contributed by atoms with E-state index in [0.717, 1.165) is 35.7 Å². The summed E-state index contributed by atoms with van der Waals surface area (Å²) in [4.78, 5) is 12.0. The predicted octanol–water partition coefficient (Wildman–Crippen LogP) is 3.63. The van der Waals surface area contributed by atoms with Crippen LogP contribution in [0.15, 0.2) is 33.2 Å². The zero-order valence-corrected chi connectivity index (χ0v) is 12.4. The fourth-order valence-corrected chi connectivity index (χ4v) is 2.81. The highest BCUT2D eigenvalue weighted by atomic mass is 79.9. The van der Waals surface area contributed by atoms with E-state index in [2.05, 4.69) is 31.4 Å². The van der Waals surface area contributed by atoms with Gasteiger partial charge in [-0.15, -0.1) is 5.10 Å². The largest absolute Gasteiger partial charge is 0.403 e. The Labute approximate surface area is 124 Å². The molecule has 0 unspecified atom stereocenters. The van der Waals surface area contributed by atoms with E-state index in [0.29, 0.717) is 5.89 Å². The van der Waals surface area contributed by atoms with Gasteiger partial charge in [-0.1, -0.05) is 39.9 Å². The summed E-state index contributed by atoms with van der Waals surface area (Å²) in [6.07, 6.45) is 4.12. The molecule has 0 aliphatic heterocycles. The highest BCUT2D eigenvalue weighted by Crippen LogP contribution is 2.27. The van der Waals surface area contributed by atoms with Crippen LogP contribution in [0.4, 0.5) is 6.01 Å². The topological polar surface area (TPSA) is 68.0 Å². The van der Waals surface area contributed by atoms with Crippen molar-refractivity contribution in [3.8, 4) is 11.5 Å². The number of hydrogen-bond donors (Lipinski definition) is 1. The van der Waals surface area contributed by atoms with Crippen molar-refractivity contribution in [2.45, 2.75) is 25.7 Å². The molecule has 2 aromatic rings. The average molecular weight is 336 g/mol. The number of rotatable bonds is 3. The lowest BCUT2D eigenvalue weighted by Gasteiger charge is -2.06. The Balaban J connectivity index is 1.72. The van der Waals surface area contributed by atoms with E-state index < -0.39 is 0 Å². The Bertz CT molecular complexity index is 620. The van der Waals surface area contributed by atoms with Crippen molar-refractivity contribution in [3.05, 3.63) is 28.7 Å². The van der Waals surface area contributed by atoms with Gasteiger partial charge in [-0.05, 0) is 31.0 Å². The Morgan fingerprint density at radius 2 is 2.10 bits per heavy atom. The molecule has 1 heterocycles. The molecular weight excluding hydrogens is 322 g/mol. The van der Waals surface area contributed by atoms with Crippen LogP contribution >= 0.6 is 15.9 Å². The quantitative estimate of drug-likeness (QED) is 0.929. The number of anilines is 1. The van der Waals surface area contributed by atoms with Crippen LogP contribution in [0, 0.1) is 5.92 Å². The lowest BCUT2D eigenvalue weighted by Crippen LogP contribution is -2.20. The molecule has 3 rings (SSSR count). The second-order valence-corrected chi connectivity index (χ2v) is 5.81. The molecule has 0 bridgehead atoms. The molecule has 104 valence electrons. The molecule has 0 radical (unpaired) electrons. The van der Waals surface area contributed by atoms with Gasteiger partial charge in [0.25, 0.3) is 0 Å². The van der Waals surface area contributed by atoms with Crippen molar-refractivity contribution >= 4 is 27.9 Å². The maximum absolute atomic E-state index is 12.0. The van der Waals surface area contributed by atoms with Gasteiger partial charge in [0.1, 0.15) is 0 Å². The van der Waals surface area contributed by atoms with Crippen molar-refractivity contribution < 1.29 is 9.21 Å². The van der Waals surface area contributed by atoms with E-state index >= 15 is 0 Å². The van der Waals surface area contributed by atoms with Gasteiger partial charge in [-0.2, -0.15) is 0 Å². The van der Waals surface area contributed by atoms with Crippen molar-refractivity contribution in [3.63, 3.8) is 0 Å². The minimum Gasteiger partial charge on any atom is -0.403 e. The third kappa shape index (κ3) is 2.90. The summed E-state index contributed by atoms with van der Waals surface area (Å²) in [5, 5.41) is 10.5. The Hall–Kier alpha value is -1.69. The summed E-state index contributed by atoms with van der Waals surface area (Å²) in [5.74, 6) is 0.455. The third-order valence-electron chi connectivity index (χ3n) is 3.45. The first kappa shape index (κ1) is 13.3. The normalized spacial score (nSPS) is 15.4. The van der Waals surface area contributed by atoms with Crippen LogP contribution in [0.2, 0.25) is 0 Å². The Morgan fingerprint density at radius 1 is 1.30 bits per heavy atom. The van der Waals surface area contributed by atoms with Gasteiger partial charge in [0.15, 0.2) is 0 Å². The van der Waals surface area contributed by atoms with E-state index in [4.69, 9.17) is 4.42 Å². The maximum atomic E-state index is 12.0. The molecule has 0 spiro atoms. The van der Waals surface area contributed by atoms with Crippen molar-refractivity contribution in [2.24, 2.45) is 5.92 Å². The van der Waals surface area contributed by atoms with E-state index in [-0.39, 0.29) is 17.8 Å². The minimum absolute atomic E-state index is 0.0213. The van der Waals surface area contributed by atoms with Crippen LogP contribution < -0.4 is 5.32 Å². The number of carbonyl (C=O) groups is 1. The smallest absolute Gasteiger partial charge is 0.322 e. The minimum atomic E-state index is -0.0213. The first-order valence-electron chi connectivity index (χ1n) is 6.63.